The van der Waals surface area contributed by atoms with Crippen molar-refractivity contribution in [3.8, 4) is 0 Å². The van der Waals surface area contributed by atoms with E-state index >= 15 is 0 Å². The lowest BCUT2D eigenvalue weighted by molar-refractivity contribution is 0.0997. The summed E-state index contributed by atoms with van der Waals surface area (Å²) < 4.78 is 1.81. The Balaban J connectivity index is 1.66. The number of nitrogens with two attached hydrogens (primary N) is 1. The third kappa shape index (κ3) is 3.75. The van der Waals surface area contributed by atoms with Crippen LogP contribution in [0.3, 0.4) is 0 Å². The molecule has 6 heteroatoms. The first-order valence-corrected chi connectivity index (χ1v) is 9.15. The number of hydrogen-bond acceptors (Lipinski definition) is 4. The van der Waals surface area contributed by atoms with Crippen molar-refractivity contribution >= 4 is 40.8 Å². The van der Waals surface area contributed by atoms with Crippen LogP contribution >= 0.6 is 11.8 Å². The summed E-state index contributed by atoms with van der Waals surface area (Å²) >= 11 is 1.51. The molecule has 0 unspecified atom stereocenters. The lowest BCUT2D eigenvalue weighted by Gasteiger charge is -2.06. The van der Waals surface area contributed by atoms with Gasteiger partial charge in [0.05, 0.1) is 23.0 Å². The van der Waals surface area contributed by atoms with Crippen molar-refractivity contribution in [2.75, 3.05) is 0 Å². The Bertz CT molecular complexity index is 1140. The molecular weight excluding hydrogens is 356 g/mol. The Morgan fingerprint density at radius 1 is 1.07 bits per heavy atom. The zero-order valence-electron chi connectivity index (χ0n) is 14.3. The van der Waals surface area contributed by atoms with Gasteiger partial charge in [-0.25, -0.2) is 4.68 Å². The standard InChI is InChI=1S/C21H16N4OS/c22-21(26)18-6-1-2-7-20(18)27-17-9-8-15-14-24-25(19(15)13-17)12-10-16-5-3-4-11-23-16/h1-14H,(H2,22,26). The first-order chi connectivity index (χ1) is 13.2. The van der Waals surface area contributed by atoms with Crippen LogP contribution in [0, 0.1) is 0 Å². The fourth-order valence-corrected chi connectivity index (χ4v) is 3.69. The van der Waals surface area contributed by atoms with E-state index in [-0.39, 0.29) is 0 Å². The largest absolute Gasteiger partial charge is 0.366 e. The summed E-state index contributed by atoms with van der Waals surface area (Å²) in [6.45, 7) is 0. The maximum absolute atomic E-state index is 11.6. The number of nitrogens with zero attached hydrogens (tertiary/aromatic N) is 3. The van der Waals surface area contributed by atoms with Gasteiger partial charge in [-0.15, -0.1) is 0 Å². The Kier molecular flexibility index (Phi) is 4.72. The Morgan fingerprint density at radius 2 is 1.93 bits per heavy atom. The average Bonchev–Trinajstić information content (AvgIpc) is 3.10. The quantitative estimate of drug-likeness (QED) is 0.566. The molecule has 0 spiro atoms. The molecule has 27 heavy (non-hydrogen) atoms. The van der Waals surface area contributed by atoms with E-state index in [0.29, 0.717) is 5.56 Å². The molecule has 0 aliphatic carbocycles. The number of pyridine rings is 1. The van der Waals surface area contributed by atoms with Gasteiger partial charge in [0.1, 0.15) is 0 Å². The highest BCUT2D eigenvalue weighted by molar-refractivity contribution is 7.99. The highest BCUT2D eigenvalue weighted by Crippen LogP contribution is 2.32. The average molecular weight is 372 g/mol. The molecule has 5 nitrogen and oxygen atoms in total. The topological polar surface area (TPSA) is 73.8 Å². The van der Waals surface area contributed by atoms with E-state index in [2.05, 4.69) is 10.1 Å². The minimum absolute atomic E-state index is 0.428. The molecule has 0 aliphatic heterocycles. The predicted octanol–water partition coefficient (Wildman–Crippen LogP) is 4.31. The molecule has 0 radical (unpaired) electrons. The number of amides is 1. The van der Waals surface area contributed by atoms with Gasteiger partial charge >= 0.3 is 0 Å². The van der Waals surface area contributed by atoms with Crippen LogP contribution in [0.5, 0.6) is 0 Å². The van der Waals surface area contributed by atoms with E-state index in [1.165, 1.54) is 11.8 Å². The van der Waals surface area contributed by atoms with E-state index in [9.17, 15) is 4.79 Å². The molecule has 0 atom stereocenters. The number of fused-ring (bicyclic) bond motifs is 1. The van der Waals surface area contributed by atoms with Crippen LogP contribution in [0.1, 0.15) is 16.1 Å². The minimum Gasteiger partial charge on any atom is -0.366 e. The van der Waals surface area contributed by atoms with Gasteiger partial charge in [-0.2, -0.15) is 5.10 Å². The van der Waals surface area contributed by atoms with Crippen LogP contribution in [0.4, 0.5) is 0 Å². The summed E-state index contributed by atoms with van der Waals surface area (Å²) in [5.41, 5.74) is 7.84. The normalized spacial score (nSPS) is 11.3. The van der Waals surface area contributed by atoms with Crippen LogP contribution in [-0.2, 0) is 0 Å². The van der Waals surface area contributed by atoms with Crippen LogP contribution in [0.15, 0.2) is 82.8 Å². The molecule has 0 bridgehead atoms. The first-order valence-electron chi connectivity index (χ1n) is 8.34. The highest BCUT2D eigenvalue weighted by Gasteiger charge is 2.10. The van der Waals surface area contributed by atoms with Gasteiger partial charge in [0.15, 0.2) is 0 Å². The maximum Gasteiger partial charge on any atom is 0.249 e. The van der Waals surface area contributed by atoms with Crippen molar-refractivity contribution in [3.05, 3.63) is 84.3 Å². The fraction of sp³-hybridized carbons (Fsp3) is 0. The molecule has 2 aromatic heterocycles. The third-order valence-electron chi connectivity index (χ3n) is 4.02. The molecule has 0 saturated heterocycles. The molecule has 0 fully saturated rings. The molecule has 0 saturated carbocycles. The zero-order valence-corrected chi connectivity index (χ0v) is 15.1. The van der Waals surface area contributed by atoms with Crippen LogP contribution in [0.2, 0.25) is 0 Å². The second-order valence-corrected chi connectivity index (χ2v) is 6.96. The molecule has 0 aliphatic rings. The Hall–Kier alpha value is -3.38. The van der Waals surface area contributed by atoms with Crippen molar-refractivity contribution in [2.24, 2.45) is 5.73 Å². The first kappa shape index (κ1) is 17.1. The number of carbonyl (C=O) groups is 1. The van der Waals surface area contributed by atoms with Gasteiger partial charge in [0.25, 0.3) is 0 Å². The van der Waals surface area contributed by atoms with Crippen molar-refractivity contribution in [2.45, 2.75) is 9.79 Å². The number of benzene rings is 2. The Labute approximate surface area is 160 Å². The summed E-state index contributed by atoms with van der Waals surface area (Å²) in [6.07, 6.45) is 7.38. The number of rotatable bonds is 5. The molecule has 4 rings (SSSR count). The number of aromatic nitrogens is 3. The highest BCUT2D eigenvalue weighted by atomic mass is 32.2. The molecule has 2 N–H and O–H groups in total. The molecule has 1 amide bonds. The van der Waals surface area contributed by atoms with Crippen LogP contribution < -0.4 is 5.73 Å². The van der Waals surface area contributed by atoms with E-state index in [1.54, 1.807) is 12.3 Å². The summed E-state index contributed by atoms with van der Waals surface area (Å²) in [7, 11) is 0. The van der Waals surface area contributed by atoms with Crippen molar-refractivity contribution in [3.63, 3.8) is 0 Å². The number of hydrogen-bond donors (Lipinski definition) is 1. The minimum atomic E-state index is -0.428. The fourth-order valence-electron chi connectivity index (χ4n) is 2.71. The third-order valence-corrected chi connectivity index (χ3v) is 5.09. The van der Waals surface area contributed by atoms with Gasteiger partial charge in [-0.1, -0.05) is 36.0 Å². The summed E-state index contributed by atoms with van der Waals surface area (Å²) in [4.78, 5) is 17.8. The zero-order chi connectivity index (χ0) is 18.6. The van der Waals surface area contributed by atoms with Crippen LogP contribution in [-0.4, -0.2) is 20.7 Å². The smallest absolute Gasteiger partial charge is 0.249 e. The maximum atomic E-state index is 11.6. The van der Waals surface area contributed by atoms with E-state index in [0.717, 1.165) is 26.4 Å². The second-order valence-electron chi connectivity index (χ2n) is 5.84. The van der Waals surface area contributed by atoms with Crippen molar-refractivity contribution < 1.29 is 4.79 Å². The summed E-state index contributed by atoms with van der Waals surface area (Å²) in [5.74, 6) is -0.428. The summed E-state index contributed by atoms with van der Waals surface area (Å²) in [5, 5.41) is 5.46. The van der Waals surface area contributed by atoms with Gasteiger partial charge < -0.3 is 5.73 Å². The van der Waals surface area contributed by atoms with Gasteiger partial charge in [0, 0.05) is 27.6 Å². The van der Waals surface area contributed by atoms with Crippen LogP contribution in [0.25, 0.3) is 23.2 Å². The van der Waals surface area contributed by atoms with Crippen molar-refractivity contribution in [1.82, 2.24) is 14.8 Å². The lowest BCUT2D eigenvalue weighted by atomic mass is 10.2. The van der Waals surface area contributed by atoms with Gasteiger partial charge in [0.2, 0.25) is 5.91 Å². The van der Waals surface area contributed by atoms with Crippen molar-refractivity contribution in [1.29, 1.82) is 0 Å². The monoisotopic (exact) mass is 372 g/mol. The second kappa shape index (κ2) is 7.47. The van der Waals surface area contributed by atoms with E-state index in [1.807, 2.05) is 77.8 Å². The Morgan fingerprint density at radius 3 is 2.74 bits per heavy atom. The molecule has 4 aromatic rings. The van der Waals surface area contributed by atoms with E-state index in [4.69, 9.17) is 5.73 Å². The SMILES string of the molecule is NC(=O)c1ccccc1Sc1ccc2cnn(C=Cc3ccccn3)c2c1. The number of primary amides is 1. The van der Waals surface area contributed by atoms with Gasteiger partial charge in [-0.05, 0) is 42.5 Å². The van der Waals surface area contributed by atoms with Gasteiger partial charge in [-0.3, -0.25) is 9.78 Å². The number of carbonyl (C=O) groups excluding carboxylic acids is 1. The summed E-state index contributed by atoms with van der Waals surface area (Å²) in [6, 6.07) is 19.2. The molecule has 2 aromatic carbocycles. The molecule has 2 heterocycles. The molecular formula is C21H16N4OS. The molecule has 132 valence electrons. The van der Waals surface area contributed by atoms with E-state index < -0.39 is 5.91 Å². The predicted molar refractivity (Wildman–Crippen MR) is 108 cm³/mol. The lowest BCUT2D eigenvalue weighted by Crippen LogP contribution is -2.11.